The summed E-state index contributed by atoms with van der Waals surface area (Å²) < 4.78 is 23.1. The van der Waals surface area contributed by atoms with Gasteiger partial charge in [-0.2, -0.15) is 0 Å². The molecular weight excluding hydrogens is 364 g/mol. The Morgan fingerprint density at radius 1 is 1.22 bits per heavy atom. The first-order chi connectivity index (χ1) is 12.7. The van der Waals surface area contributed by atoms with Crippen LogP contribution in [0.4, 0.5) is 11.5 Å². The SMILES string of the molecule is Cc1nc(Nc2ccccc2C(C)C)cc(C(=O)NC2CCS(=O)(=O)C2)n1. The molecule has 1 fully saturated rings. The molecule has 0 saturated carbocycles. The maximum atomic E-state index is 12.5. The van der Waals surface area contributed by atoms with E-state index in [4.69, 9.17) is 0 Å². The van der Waals surface area contributed by atoms with Gasteiger partial charge in [0.05, 0.1) is 11.5 Å². The molecule has 27 heavy (non-hydrogen) atoms. The lowest BCUT2D eigenvalue weighted by atomic mass is 10.0. The topological polar surface area (TPSA) is 101 Å². The van der Waals surface area contributed by atoms with Crippen LogP contribution in [0.3, 0.4) is 0 Å². The average molecular weight is 388 g/mol. The first-order valence-electron chi connectivity index (χ1n) is 8.96. The number of nitrogens with zero attached hydrogens (tertiary/aromatic N) is 2. The first-order valence-corrected chi connectivity index (χ1v) is 10.8. The minimum Gasteiger partial charge on any atom is -0.347 e. The molecule has 1 atom stereocenters. The van der Waals surface area contributed by atoms with Crippen molar-refractivity contribution in [2.45, 2.75) is 39.2 Å². The summed E-state index contributed by atoms with van der Waals surface area (Å²) in [5, 5.41) is 6.03. The second kappa shape index (κ2) is 7.64. The zero-order valence-corrected chi connectivity index (χ0v) is 16.5. The van der Waals surface area contributed by atoms with Gasteiger partial charge in [-0.3, -0.25) is 4.79 Å². The lowest BCUT2D eigenvalue weighted by Crippen LogP contribution is -2.36. The summed E-state index contributed by atoms with van der Waals surface area (Å²) in [7, 11) is -3.05. The van der Waals surface area contributed by atoms with E-state index in [9.17, 15) is 13.2 Å². The third-order valence-electron chi connectivity index (χ3n) is 4.48. The van der Waals surface area contributed by atoms with Gasteiger partial charge < -0.3 is 10.6 Å². The van der Waals surface area contributed by atoms with E-state index in [2.05, 4.69) is 40.5 Å². The molecule has 1 aliphatic rings. The van der Waals surface area contributed by atoms with Gasteiger partial charge in [-0.05, 0) is 30.9 Å². The molecule has 7 nitrogen and oxygen atoms in total. The predicted molar refractivity (Wildman–Crippen MR) is 105 cm³/mol. The van der Waals surface area contributed by atoms with Crippen LogP contribution >= 0.6 is 0 Å². The Labute approximate surface area is 159 Å². The summed E-state index contributed by atoms with van der Waals surface area (Å²) in [6.07, 6.45) is 0.436. The number of para-hydroxylation sites is 1. The molecule has 1 aliphatic heterocycles. The summed E-state index contributed by atoms with van der Waals surface area (Å²) in [5.41, 5.74) is 2.30. The Hall–Kier alpha value is -2.48. The Kier molecular flexibility index (Phi) is 5.46. The first kappa shape index (κ1) is 19.3. The van der Waals surface area contributed by atoms with Gasteiger partial charge in [0.25, 0.3) is 5.91 Å². The van der Waals surface area contributed by atoms with Gasteiger partial charge in [-0.25, -0.2) is 18.4 Å². The van der Waals surface area contributed by atoms with Crippen molar-refractivity contribution in [3.05, 3.63) is 47.4 Å². The quantitative estimate of drug-likeness (QED) is 0.816. The van der Waals surface area contributed by atoms with Crippen LogP contribution in [0.25, 0.3) is 0 Å². The number of carbonyl (C=O) groups excluding carboxylic acids is 1. The van der Waals surface area contributed by atoms with Crippen LogP contribution in [0, 0.1) is 6.92 Å². The Morgan fingerprint density at radius 3 is 2.63 bits per heavy atom. The zero-order chi connectivity index (χ0) is 19.6. The van der Waals surface area contributed by atoms with Crippen LogP contribution in [-0.2, 0) is 9.84 Å². The Balaban J connectivity index is 1.79. The highest BCUT2D eigenvalue weighted by molar-refractivity contribution is 7.91. The second-order valence-corrected chi connectivity index (χ2v) is 9.35. The molecule has 0 radical (unpaired) electrons. The number of hydrogen-bond acceptors (Lipinski definition) is 6. The summed E-state index contributed by atoms with van der Waals surface area (Å²) in [6, 6.07) is 9.17. The maximum absolute atomic E-state index is 12.5. The van der Waals surface area contributed by atoms with Gasteiger partial charge in [0.15, 0.2) is 9.84 Å². The van der Waals surface area contributed by atoms with E-state index in [0.717, 1.165) is 11.3 Å². The van der Waals surface area contributed by atoms with E-state index in [0.29, 0.717) is 24.0 Å². The van der Waals surface area contributed by atoms with Crippen LogP contribution in [0.2, 0.25) is 0 Å². The predicted octanol–water partition coefficient (Wildman–Crippen LogP) is 2.57. The van der Waals surface area contributed by atoms with Crippen molar-refractivity contribution in [1.82, 2.24) is 15.3 Å². The highest BCUT2D eigenvalue weighted by Gasteiger charge is 2.29. The monoisotopic (exact) mass is 388 g/mol. The standard InChI is InChI=1S/C19H24N4O3S/c1-12(2)15-6-4-5-7-16(15)23-18-10-17(20-13(3)21-18)19(24)22-14-8-9-27(25,26)11-14/h4-7,10,12,14H,8-9,11H2,1-3H3,(H,22,24)(H,20,21,23). The number of benzene rings is 1. The van der Waals surface area contributed by atoms with Crippen LogP contribution in [0.1, 0.15) is 48.1 Å². The molecule has 0 aliphatic carbocycles. The smallest absolute Gasteiger partial charge is 0.270 e. The highest BCUT2D eigenvalue weighted by atomic mass is 32.2. The van der Waals surface area contributed by atoms with E-state index < -0.39 is 9.84 Å². The van der Waals surface area contributed by atoms with Gasteiger partial charge >= 0.3 is 0 Å². The third kappa shape index (κ3) is 4.82. The molecule has 2 N–H and O–H groups in total. The zero-order valence-electron chi connectivity index (χ0n) is 15.7. The van der Waals surface area contributed by atoms with Crippen molar-refractivity contribution in [3.63, 3.8) is 0 Å². The number of amides is 1. The normalized spacial score (nSPS) is 18.4. The number of sulfone groups is 1. The van der Waals surface area contributed by atoms with Gasteiger partial charge in [0, 0.05) is 17.8 Å². The van der Waals surface area contributed by atoms with Crippen molar-refractivity contribution in [2.24, 2.45) is 0 Å². The maximum Gasteiger partial charge on any atom is 0.270 e. The molecule has 1 amide bonds. The van der Waals surface area contributed by atoms with Crippen LogP contribution in [0.5, 0.6) is 0 Å². The molecule has 144 valence electrons. The third-order valence-corrected chi connectivity index (χ3v) is 6.25. The van der Waals surface area contributed by atoms with Gasteiger partial charge in [-0.15, -0.1) is 0 Å². The van der Waals surface area contributed by atoms with Gasteiger partial charge in [-0.1, -0.05) is 32.0 Å². The number of hydrogen-bond donors (Lipinski definition) is 2. The fourth-order valence-electron chi connectivity index (χ4n) is 3.17. The molecule has 2 aromatic rings. The molecule has 1 saturated heterocycles. The van der Waals surface area contributed by atoms with Gasteiger partial charge in [0.2, 0.25) is 0 Å². The lowest BCUT2D eigenvalue weighted by Gasteiger charge is -2.15. The molecule has 0 bridgehead atoms. The molecular formula is C19H24N4O3S. The molecule has 1 unspecified atom stereocenters. The number of aromatic nitrogens is 2. The number of nitrogens with one attached hydrogen (secondary N) is 2. The Morgan fingerprint density at radius 2 is 1.96 bits per heavy atom. The van der Waals surface area contributed by atoms with Gasteiger partial charge in [0.1, 0.15) is 17.3 Å². The van der Waals surface area contributed by atoms with E-state index >= 15 is 0 Å². The number of rotatable bonds is 5. The molecule has 0 spiro atoms. The Bertz CT molecular complexity index is 957. The summed E-state index contributed by atoms with van der Waals surface area (Å²) in [6.45, 7) is 5.94. The average Bonchev–Trinajstić information content (AvgIpc) is 2.93. The number of carbonyl (C=O) groups is 1. The summed E-state index contributed by atoms with van der Waals surface area (Å²) in [5.74, 6) is 1.03. The van der Waals surface area contributed by atoms with E-state index in [1.54, 1.807) is 13.0 Å². The van der Waals surface area contributed by atoms with Crippen LogP contribution < -0.4 is 10.6 Å². The van der Waals surface area contributed by atoms with Crippen LogP contribution in [0.15, 0.2) is 30.3 Å². The van der Waals surface area contributed by atoms with E-state index in [-0.39, 0.29) is 29.1 Å². The highest BCUT2D eigenvalue weighted by Crippen LogP contribution is 2.26. The van der Waals surface area contributed by atoms with E-state index in [1.165, 1.54) is 0 Å². The second-order valence-electron chi connectivity index (χ2n) is 7.13. The van der Waals surface area contributed by atoms with Crippen LogP contribution in [-0.4, -0.2) is 41.8 Å². The number of aryl methyl sites for hydroxylation is 1. The van der Waals surface area contributed by atoms with Crippen molar-refractivity contribution in [3.8, 4) is 0 Å². The van der Waals surface area contributed by atoms with Crippen molar-refractivity contribution >= 4 is 27.2 Å². The fraction of sp³-hybridized carbons (Fsp3) is 0.421. The molecule has 2 heterocycles. The van der Waals surface area contributed by atoms with Crippen molar-refractivity contribution < 1.29 is 13.2 Å². The summed E-state index contributed by atoms with van der Waals surface area (Å²) in [4.78, 5) is 21.1. The minimum absolute atomic E-state index is 0.0182. The molecule has 3 rings (SSSR count). The molecule has 8 heteroatoms. The lowest BCUT2D eigenvalue weighted by molar-refractivity contribution is 0.0935. The van der Waals surface area contributed by atoms with E-state index in [1.807, 2.05) is 18.2 Å². The fourth-order valence-corrected chi connectivity index (χ4v) is 4.84. The molecule has 1 aromatic carbocycles. The molecule has 1 aromatic heterocycles. The number of anilines is 2. The van der Waals surface area contributed by atoms with Crippen molar-refractivity contribution in [2.75, 3.05) is 16.8 Å². The largest absolute Gasteiger partial charge is 0.347 e. The minimum atomic E-state index is -3.05. The summed E-state index contributed by atoms with van der Waals surface area (Å²) >= 11 is 0. The van der Waals surface area contributed by atoms with Crippen molar-refractivity contribution in [1.29, 1.82) is 0 Å².